The lowest BCUT2D eigenvalue weighted by Crippen LogP contribution is -2.49. The summed E-state index contributed by atoms with van der Waals surface area (Å²) in [5.74, 6) is -1.23. The van der Waals surface area contributed by atoms with E-state index in [4.69, 9.17) is 4.74 Å². The Morgan fingerprint density at radius 2 is 1.59 bits per heavy atom. The van der Waals surface area contributed by atoms with Crippen LogP contribution < -0.4 is 5.32 Å². The van der Waals surface area contributed by atoms with Crippen molar-refractivity contribution < 1.29 is 45.1 Å². The standard InChI is InChI=1S/C29H27F7N2O3/c1-15(17-8-18(28(31,32)33)10-19(9-17)29(34,35)36)41-25-14-38-24(27(25)16-2-4-20(30)5-3-16)12-22(13-26(38)40)37-21-6-7-23(39)11-21/h2-5,8-11,15,22,24-25,27,37H,6-7,12-14H2,1H3/t15-,22?,24+,25+,27+/m1/s1. The van der Waals surface area contributed by atoms with E-state index in [0.29, 0.717) is 37.0 Å². The van der Waals surface area contributed by atoms with E-state index in [1.54, 1.807) is 4.90 Å². The van der Waals surface area contributed by atoms with Crippen LogP contribution in [0.25, 0.3) is 0 Å². The number of carbonyl (C=O) groups excluding carboxylic acids is 2. The van der Waals surface area contributed by atoms with E-state index >= 15 is 0 Å². The molecule has 5 rings (SSSR count). The molecule has 0 spiro atoms. The van der Waals surface area contributed by atoms with Gasteiger partial charge in [-0.15, -0.1) is 0 Å². The van der Waals surface area contributed by atoms with Crippen molar-refractivity contribution >= 4 is 11.7 Å². The fraction of sp³-hybridized carbons (Fsp3) is 0.448. The minimum absolute atomic E-state index is 0.00737. The summed E-state index contributed by atoms with van der Waals surface area (Å²) in [7, 11) is 0. The Morgan fingerprint density at radius 3 is 2.15 bits per heavy atom. The molecule has 3 aliphatic rings. The van der Waals surface area contributed by atoms with Crippen LogP contribution in [-0.2, 0) is 26.7 Å². The highest BCUT2D eigenvalue weighted by Crippen LogP contribution is 2.44. The van der Waals surface area contributed by atoms with Crippen LogP contribution in [0.4, 0.5) is 30.7 Å². The third-order valence-corrected chi connectivity index (χ3v) is 7.94. The predicted octanol–water partition coefficient (Wildman–Crippen LogP) is 6.30. The fourth-order valence-electron chi connectivity index (χ4n) is 6.03. The molecule has 12 heteroatoms. The summed E-state index contributed by atoms with van der Waals surface area (Å²) in [6.07, 6.45) is -8.96. The number of benzene rings is 2. The average molecular weight is 585 g/mol. The highest BCUT2D eigenvalue weighted by molar-refractivity contribution is 5.92. The van der Waals surface area contributed by atoms with Crippen LogP contribution in [0.2, 0.25) is 0 Å². The summed E-state index contributed by atoms with van der Waals surface area (Å²) in [4.78, 5) is 26.5. The summed E-state index contributed by atoms with van der Waals surface area (Å²) in [6, 6.07) is 6.18. The van der Waals surface area contributed by atoms with Gasteiger partial charge in [-0.2, -0.15) is 26.3 Å². The smallest absolute Gasteiger partial charge is 0.385 e. The first-order chi connectivity index (χ1) is 19.2. The van der Waals surface area contributed by atoms with Gasteiger partial charge < -0.3 is 15.0 Å². The molecule has 0 aromatic heterocycles. The van der Waals surface area contributed by atoms with E-state index in [1.165, 1.54) is 37.3 Å². The maximum atomic E-state index is 13.8. The third kappa shape index (κ3) is 6.27. The Hall–Kier alpha value is -3.41. The highest BCUT2D eigenvalue weighted by Gasteiger charge is 2.49. The van der Waals surface area contributed by atoms with Gasteiger partial charge in [-0.25, -0.2) is 4.39 Å². The van der Waals surface area contributed by atoms with Crippen LogP contribution in [0, 0.1) is 5.82 Å². The molecule has 5 nitrogen and oxygen atoms in total. The maximum Gasteiger partial charge on any atom is 0.416 e. The molecule has 2 heterocycles. The second-order valence-corrected chi connectivity index (χ2v) is 10.8. The van der Waals surface area contributed by atoms with E-state index in [2.05, 4.69) is 5.32 Å². The van der Waals surface area contributed by atoms with Crippen molar-refractivity contribution in [3.63, 3.8) is 0 Å². The van der Waals surface area contributed by atoms with Crippen molar-refractivity contribution in [1.82, 2.24) is 10.2 Å². The summed E-state index contributed by atoms with van der Waals surface area (Å²) < 4.78 is 101. The number of allylic oxidation sites excluding steroid dienone is 2. The van der Waals surface area contributed by atoms with Gasteiger partial charge in [-0.1, -0.05) is 12.1 Å². The van der Waals surface area contributed by atoms with Gasteiger partial charge in [0.05, 0.1) is 23.3 Å². The predicted molar refractivity (Wildman–Crippen MR) is 133 cm³/mol. The number of rotatable bonds is 6. The second-order valence-electron chi connectivity index (χ2n) is 10.8. The van der Waals surface area contributed by atoms with E-state index < -0.39 is 53.5 Å². The summed E-state index contributed by atoms with van der Waals surface area (Å²) in [5, 5.41) is 3.27. The number of hydrogen-bond acceptors (Lipinski definition) is 4. The monoisotopic (exact) mass is 584 g/mol. The Bertz CT molecular complexity index is 1320. The number of amides is 1. The zero-order valence-electron chi connectivity index (χ0n) is 21.9. The first-order valence-corrected chi connectivity index (χ1v) is 13.2. The molecule has 2 aromatic rings. The number of ether oxygens (including phenoxy) is 1. The SMILES string of the molecule is C[C@@H](O[C@H]1CN2C(=O)CC(NC3=CC(=O)CC3)C[C@H]2[C@@H]1c1ccc(F)cc1)c1cc(C(F)(F)F)cc(C(F)(F)F)c1. The van der Waals surface area contributed by atoms with E-state index in [-0.39, 0.29) is 42.3 Å². The first kappa shape index (κ1) is 29.1. The van der Waals surface area contributed by atoms with E-state index in [0.717, 1.165) is 5.70 Å². The number of ketones is 1. The molecule has 220 valence electrons. The van der Waals surface area contributed by atoms with Crippen LogP contribution in [0.15, 0.2) is 54.2 Å². The van der Waals surface area contributed by atoms with Gasteiger partial charge in [0.2, 0.25) is 5.91 Å². The normalized spacial score (nSPS) is 25.8. The van der Waals surface area contributed by atoms with Crippen LogP contribution in [0.3, 0.4) is 0 Å². The molecule has 5 atom stereocenters. The van der Waals surface area contributed by atoms with Gasteiger partial charge in [0, 0.05) is 49.2 Å². The lowest BCUT2D eigenvalue weighted by Gasteiger charge is -2.37. The quantitative estimate of drug-likeness (QED) is 0.405. The Kier molecular flexibility index (Phi) is 7.65. The van der Waals surface area contributed by atoms with Gasteiger partial charge >= 0.3 is 12.4 Å². The zero-order chi connectivity index (χ0) is 29.7. The summed E-state index contributed by atoms with van der Waals surface area (Å²) >= 11 is 0. The molecular weight excluding hydrogens is 557 g/mol. The maximum absolute atomic E-state index is 13.8. The van der Waals surface area contributed by atoms with E-state index in [1.807, 2.05) is 0 Å². The van der Waals surface area contributed by atoms with Gasteiger partial charge in [-0.05, 0) is 61.2 Å². The van der Waals surface area contributed by atoms with Gasteiger partial charge in [-0.3, -0.25) is 9.59 Å². The van der Waals surface area contributed by atoms with E-state index in [9.17, 15) is 40.3 Å². The number of halogens is 7. The minimum Gasteiger partial charge on any atom is -0.385 e. The highest BCUT2D eigenvalue weighted by atomic mass is 19.4. The zero-order valence-corrected chi connectivity index (χ0v) is 21.9. The van der Waals surface area contributed by atoms with Crippen molar-refractivity contribution in [2.24, 2.45) is 0 Å². The number of fused-ring (bicyclic) bond motifs is 1. The lowest BCUT2D eigenvalue weighted by atomic mass is 9.84. The molecule has 2 aromatic carbocycles. The second kappa shape index (κ2) is 10.8. The molecule has 2 saturated heterocycles. The number of hydrogen-bond donors (Lipinski definition) is 1. The number of nitrogens with zero attached hydrogens (tertiary/aromatic N) is 1. The largest absolute Gasteiger partial charge is 0.416 e. The van der Waals surface area contributed by atoms with Crippen LogP contribution in [-0.4, -0.2) is 41.3 Å². The molecule has 1 amide bonds. The molecule has 0 bridgehead atoms. The van der Waals surface area contributed by atoms with Crippen molar-refractivity contribution in [1.29, 1.82) is 0 Å². The number of nitrogens with one attached hydrogen (secondary N) is 1. The van der Waals surface area contributed by atoms with Gasteiger partial charge in [0.15, 0.2) is 5.78 Å². The third-order valence-electron chi connectivity index (χ3n) is 7.94. The molecule has 1 unspecified atom stereocenters. The Labute approximate surface area is 231 Å². The Morgan fingerprint density at radius 1 is 0.951 bits per heavy atom. The minimum atomic E-state index is -5.01. The molecule has 0 radical (unpaired) electrons. The summed E-state index contributed by atoms with van der Waals surface area (Å²) in [5.41, 5.74) is -1.83. The molecule has 1 aliphatic carbocycles. The van der Waals surface area contributed by atoms with Crippen LogP contribution in [0.1, 0.15) is 66.9 Å². The fourth-order valence-corrected chi connectivity index (χ4v) is 6.03. The lowest BCUT2D eigenvalue weighted by molar-refractivity contribution is -0.143. The number of alkyl halides is 6. The van der Waals surface area contributed by atoms with Crippen LogP contribution >= 0.6 is 0 Å². The number of carbonyl (C=O) groups is 2. The average Bonchev–Trinajstić information content (AvgIpc) is 3.46. The number of piperidine rings is 1. The molecule has 0 saturated carbocycles. The Balaban J connectivity index is 1.44. The molecule has 2 fully saturated rings. The molecular formula is C29H27F7N2O3. The van der Waals surface area contributed by atoms with Crippen molar-refractivity contribution in [2.75, 3.05) is 6.54 Å². The molecule has 1 N–H and O–H groups in total. The topological polar surface area (TPSA) is 58.6 Å². The van der Waals surface area contributed by atoms with Gasteiger partial charge in [0.25, 0.3) is 0 Å². The van der Waals surface area contributed by atoms with Crippen molar-refractivity contribution in [3.05, 3.63) is 82.3 Å². The van der Waals surface area contributed by atoms with Crippen molar-refractivity contribution in [3.8, 4) is 0 Å². The molecule has 2 aliphatic heterocycles. The summed E-state index contributed by atoms with van der Waals surface area (Å²) in [6.45, 7) is 1.43. The van der Waals surface area contributed by atoms with Gasteiger partial charge in [0.1, 0.15) is 5.82 Å². The molecule has 41 heavy (non-hydrogen) atoms. The first-order valence-electron chi connectivity index (χ1n) is 13.2. The van der Waals surface area contributed by atoms with Crippen molar-refractivity contribution in [2.45, 2.75) is 75.2 Å². The van der Waals surface area contributed by atoms with Crippen LogP contribution in [0.5, 0.6) is 0 Å².